The van der Waals surface area contributed by atoms with E-state index in [2.05, 4.69) is 10.6 Å². The van der Waals surface area contributed by atoms with E-state index in [4.69, 9.17) is 5.73 Å². The van der Waals surface area contributed by atoms with E-state index >= 15 is 0 Å². The van der Waals surface area contributed by atoms with Gasteiger partial charge in [0.25, 0.3) is 5.91 Å². The molecule has 0 bridgehead atoms. The molecule has 1 atom stereocenters. The summed E-state index contributed by atoms with van der Waals surface area (Å²) in [7, 11) is 0. The zero-order valence-corrected chi connectivity index (χ0v) is 16.2. The lowest BCUT2D eigenvalue weighted by Gasteiger charge is -2.14. The number of amides is 2. The van der Waals surface area contributed by atoms with Crippen LogP contribution in [0.15, 0.2) is 48.5 Å². The molecule has 0 heterocycles. The topological polar surface area (TPSA) is 84.2 Å². The lowest BCUT2D eigenvalue weighted by Crippen LogP contribution is -2.41. The first-order chi connectivity index (χ1) is 12.3. The minimum atomic E-state index is -0.510. The second-order valence-electron chi connectivity index (χ2n) is 6.61. The van der Waals surface area contributed by atoms with Gasteiger partial charge in [-0.05, 0) is 54.3 Å². The fourth-order valence-corrected chi connectivity index (χ4v) is 2.45. The molecular formula is C20H25ClFN3O2. The van der Waals surface area contributed by atoms with Gasteiger partial charge in [-0.3, -0.25) is 9.59 Å². The highest BCUT2D eigenvalue weighted by atomic mass is 35.5. The molecule has 0 aliphatic rings. The number of carbonyl (C=O) groups is 2. The average molecular weight is 394 g/mol. The highest BCUT2D eigenvalue weighted by molar-refractivity contribution is 6.04. The minimum absolute atomic E-state index is 0. The molecule has 0 spiro atoms. The van der Waals surface area contributed by atoms with Crippen molar-refractivity contribution in [2.75, 3.05) is 5.32 Å². The molecule has 2 aromatic rings. The Morgan fingerprint density at radius 1 is 1.04 bits per heavy atom. The van der Waals surface area contributed by atoms with Gasteiger partial charge in [0.1, 0.15) is 5.82 Å². The van der Waals surface area contributed by atoms with Crippen molar-refractivity contribution in [3.63, 3.8) is 0 Å². The zero-order valence-electron chi connectivity index (χ0n) is 15.4. The van der Waals surface area contributed by atoms with Gasteiger partial charge in [0.05, 0.1) is 6.04 Å². The molecule has 0 saturated carbocycles. The fraction of sp³-hybridized carbons (Fsp3) is 0.300. The molecule has 2 aromatic carbocycles. The Balaban J connectivity index is 0.00000364. The van der Waals surface area contributed by atoms with Crippen molar-refractivity contribution in [3.05, 3.63) is 65.5 Å². The normalized spacial score (nSPS) is 11.4. The van der Waals surface area contributed by atoms with Crippen molar-refractivity contribution in [3.8, 4) is 0 Å². The molecule has 0 aliphatic carbocycles. The second kappa shape index (κ2) is 10.6. The number of hydrogen-bond donors (Lipinski definition) is 3. The molecular weight excluding hydrogens is 369 g/mol. The Bertz CT molecular complexity index is 749. The van der Waals surface area contributed by atoms with Crippen LogP contribution in [0.2, 0.25) is 0 Å². The summed E-state index contributed by atoms with van der Waals surface area (Å²) in [5, 5.41) is 5.55. The third-order valence-electron chi connectivity index (χ3n) is 3.85. The van der Waals surface area contributed by atoms with Gasteiger partial charge in [0.15, 0.2) is 0 Å². The highest BCUT2D eigenvalue weighted by Crippen LogP contribution is 2.12. The summed E-state index contributed by atoms with van der Waals surface area (Å²) in [6, 6.07) is 11.9. The number of nitrogens with one attached hydrogen (secondary N) is 2. The fourth-order valence-electron chi connectivity index (χ4n) is 2.45. The summed E-state index contributed by atoms with van der Waals surface area (Å²) >= 11 is 0. The number of halogens is 2. The molecule has 2 rings (SSSR count). The largest absolute Gasteiger partial charge is 0.351 e. The smallest absolute Gasteiger partial charge is 0.255 e. The molecule has 146 valence electrons. The number of anilines is 1. The van der Waals surface area contributed by atoms with E-state index in [0.717, 1.165) is 5.56 Å². The van der Waals surface area contributed by atoms with Crippen LogP contribution >= 0.6 is 12.4 Å². The summed E-state index contributed by atoms with van der Waals surface area (Å²) in [5.74, 6) is -0.515. The minimum Gasteiger partial charge on any atom is -0.351 e. The summed E-state index contributed by atoms with van der Waals surface area (Å²) in [6.45, 7) is 4.41. The van der Waals surface area contributed by atoms with Gasteiger partial charge in [-0.1, -0.05) is 26.0 Å². The van der Waals surface area contributed by atoms with Crippen molar-refractivity contribution < 1.29 is 14.0 Å². The predicted molar refractivity (Wildman–Crippen MR) is 107 cm³/mol. The van der Waals surface area contributed by atoms with Crippen LogP contribution in [0, 0.1) is 11.7 Å². The summed E-state index contributed by atoms with van der Waals surface area (Å²) in [5.41, 5.74) is 7.73. The molecule has 4 N–H and O–H groups in total. The molecule has 0 aliphatic heterocycles. The lowest BCUT2D eigenvalue weighted by atomic mass is 10.0. The zero-order chi connectivity index (χ0) is 19.1. The standard InChI is InChI=1S/C20H24FN3O2.ClH/c1-13(2)11-18(22)20(26)23-12-14-3-9-17(10-4-14)24-19(25)15-5-7-16(21)8-6-15;/h3-10,13,18H,11-12,22H2,1-2H3,(H,23,26)(H,24,25);1H/t18-;/m0./s1. The van der Waals surface area contributed by atoms with Gasteiger partial charge in [0.2, 0.25) is 5.91 Å². The van der Waals surface area contributed by atoms with Crippen LogP contribution in [0.25, 0.3) is 0 Å². The number of hydrogen-bond acceptors (Lipinski definition) is 3. The van der Waals surface area contributed by atoms with E-state index in [-0.39, 0.29) is 30.0 Å². The molecule has 0 saturated heterocycles. The first-order valence-corrected chi connectivity index (χ1v) is 8.54. The van der Waals surface area contributed by atoms with Crippen LogP contribution in [-0.4, -0.2) is 17.9 Å². The second-order valence-corrected chi connectivity index (χ2v) is 6.61. The Labute approximate surface area is 164 Å². The summed E-state index contributed by atoms with van der Waals surface area (Å²) in [4.78, 5) is 24.0. The van der Waals surface area contributed by atoms with Crippen molar-refractivity contribution in [1.29, 1.82) is 0 Å². The van der Waals surface area contributed by atoms with Crippen LogP contribution < -0.4 is 16.4 Å². The van der Waals surface area contributed by atoms with Crippen molar-refractivity contribution in [2.45, 2.75) is 32.9 Å². The maximum Gasteiger partial charge on any atom is 0.255 e. The van der Waals surface area contributed by atoms with E-state index in [1.807, 2.05) is 26.0 Å². The van der Waals surface area contributed by atoms with Crippen LogP contribution in [-0.2, 0) is 11.3 Å². The molecule has 27 heavy (non-hydrogen) atoms. The Hall–Kier alpha value is -2.44. The van der Waals surface area contributed by atoms with E-state index in [0.29, 0.717) is 30.1 Å². The molecule has 0 aromatic heterocycles. The van der Waals surface area contributed by atoms with Crippen molar-refractivity contribution >= 4 is 29.9 Å². The van der Waals surface area contributed by atoms with Gasteiger partial charge < -0.3 is 16.4 Å². The van der Waals surface area contributed by atoms with Crippen molar-refractivity contribution in [2.24, 2.45) is 11.7 Å². The Kier molecular flexibility index (Phi) is 8.91. The number of nitrogens with two attached hydrogens (primary N) is 1. The third kappa shape index (κ3) is 7.37. The predicted octanol–water partition coefficient (Wildman–Crippen LogP) is 3.49. The van der Waals surface area contributed by atoms with E-state index in [1.54, 1.807) is 12.1 Å². The maximum absolute atomic E-state index is 12.9. The van der Waals surface area contributed by atoms with Gasteiger partial charge in [-0.2, -0.15) is 0 Å². The molecule has 7 heteroatoms. The van der Waals surface area contributed by atoms with Gasteiger partial charge >= 0.3 is 0 Å². The Morgan fingerprint density at radius 2 is 1.63 bits per heavy atom. The highest BCUT2D eigenvalue weighted by Gasteiger charge is 2.14. The first-order valence-electron chi connectivity index (χ1n) is 8.54. The maximum atomic E-state index is 12.9. The summed E-state index contributed by atoms with van der Waals surface area (Å²) in [6.07, 6.45) is 0.639. The quantitative estimate of drug-likeness (QED) is 0.673. The van der Waals surface area contributed by atoms with Gasteiger partial charge in [-0.25, -0.2) is 4.39 Å². The average Bonchev–Trinajstić information content (AvgIpc) is 2.60. The van der Waals surface area contributed by atoms with E-state index in [1.165, 1.54) is 24.3 Å². The number of rotatable bonds is 7. The van der Waals surface area contributed by atoms with Gasteiger partial charge in [0, 0.05) is 17.8 Å². The van der Waals surface area contributed by atoms with E-state index in [9.17, 15) is 14.0 Å². The van der Waals surface area contributed by atoms with Gasteiger partial charge in [-0.15, -0.1) is 12.4 Å². The third-order valence-corrected chi connectivity index (χ3v) is 3.85. The molecule has 0 radical (unpaired) electrons. The summed E-state index contributed by atoms with van der Waals surface area (Å²) < 4.78 is 12.9. The molecule has 5 nitrogen and oxygen atoms in total. The van der Waals surface area contributed by atoms with Crippen LogP contribution in [0.3, 0.4) is 0 Å². The first kappa shape index (κ1) is 22.6. The van der Waals surface area contributed by atoms with Crippen molar-refractivity contribution in [1.82, 2.24) is 5.32 Å². The Morgan fingerprint density at radius 3 is 2.19 bits per heavy atom. The molecule has 0 fully saturated rings. The SMILES string of the molecule is CC(C)C[C@H](N)C(=O)NCc1ccc(NC(=O)c2ccc(F)cc2)cc1.Cl. The van der Waals surface area contributed by atoms with E-state index < -0.39 is 6.04 Å². The number of carbonyl (C=O) groups excluding carboxylic acids is 2. The molecule has 0 unspecified atom stereocenters. The van der Waals surface area contributed by atoms with Crippen LogP contribution in [0.5, 0.6) is 0 Å². The monoisotopic (exact) mass is 393 g/mol. The van der Waals surface area contributed by atoms with Crippen LogP contribution in [0.1, 0.15) is 36.2 Å². The lowest BCUT2D eigenvalue weighted by molar-refractivity contribution is -0.122. The number of benzene rings is 2. The van der Waals surface area contributed by atoms with Crippen LogP contribution in [0.4, 0.5) is 10.1 Å². The molecule has 2 amide bonds.